The summed E-state index contributed by atoms with van der Waals surface area (Å²) in [4.78, 5) is 13.3. The lowest BCUT2D eigenvalue weighted by atomic mass is 9.60. The van der Waals surface area contributed by atoms with Crippen molar-refractivity contribution in [2.75, 3.05) is 0 Å². The van der Waals surface area contributed by atoms with Gasteiger partial charge in [-0.15, -0.1) is 0 Å². The summed E-state index contributed by atoms with van der Waals surface area (Å²) >= 11 is 0. The average molecular weight is 403 g/mol. The highest BCUT2D eigenvalue weighted by atomic mass is 19.4. The second kappa shape index (κ2) is 6.54. The normalized spacial score (nSPS) is 28.3. The summed E-state index contributed by atoms with van der Waals surface area (Å²) in [5, 5.41) is 11.7. The SMILES string of the molecule is CC1(C)CC(=O)C2=C(C1)NC1N=NC(CCC(F)(F)F)=C1[C@]2(C)c1ccccc1. The molecule has 154 valence electrons. The Labute approximate surface area is 168 Å². The second-order valence-corrected chi connectivity index (χ2v) is 9.02. The molecule has 0 radical (unpaired) electrons. The van der Waals surface area contributed by atoms with Gasteiger partial charge in [-0.05, 0) is 24.3 Å². The Kier molecular flexibility index (Phi) is 4.48. The molecular formula is C22H24F3N3O. The number of nitrogens with one attached hydrogen (secondary N) is 1. The zero-order valence-electron chi connectivity index (χ0n) is 16.7. The highest BCUT2D eigenvalue weighted by Crippen LogP contribution is 2.53. The lowest BCUT2D eigenvalue weighted by Crippen LogP contribution is -2.50. The number of carbonyl (C=O) groups excluding carboxylic acids is 1. The minimum Gasteiger partial charge on any atom is -0.362 e. The predicted molar refractivity (Wildman–Crippen MR) is 103 cm³/mol. The molecule has 7 heteroatoms. The first-order chi connectivity index (χ1) is 13.5. The van der Waals surface area contributed by atoms with E-state index in [0.29, 0.717) is 29.7 Å². The molecule has 4 nitrogen and oxygen atoms in total. The highest BCUT2D eigenvalue weighted by molar-refractivity contribution is 6.01. The molecule has 0 fully saturated rings. The maximum Gasteiger partial charge on any atom is 0.389 e. The number of halogens is 3. The maximum atomic E-state index is 13.3. The Balaban J connectivity index is 1.90. The first-order valence-electron chi connectivity index (χ1n) is 9.81. The summed E-state index contributed by atoms with van der Waals surface area (Å²) in [6, 6.07) is 9.50. The van der Waals surface area contributed by atoms with Crippen LogP contribution in [0.25, 0.3) is 0 Å². The number of benzene rings is 1. The van der Waals surface area contributed by atoms with Gasteiger partial charge in [-0.25, -0.2) is 0 Å². The summed E-state index contributed by atoms with van der Waals surface area (Å²) in [7, 11) is 0. The average Bonchev–Trinajstić information content (AvgIpc) is 3.02. The fourth-order valence-electron chi connectivity index (χ4n) is 4.90. The van der Waals surface area contributed by atoms with Crippen molar-refractivity contribution in [3.8, 4) is 0 Å². The molecule has 2 aliphatic heterocycles. The van der Waals surface area contributed by atoms with Gasteiger partial charge in [0.05, 0.1) is 5.70 Å². The van der Waals surface area contributed by atoms with Crippen LogP contribution in [0.2, 0.25) is 0 Å². The van der Waals surface area contributed by atoms with Crippen LogP contribution in [0, 0.1) is 5.41 Å². The summed E-state index contributed by atoms with van der Waals surface area (Å²) in [5.74, 6) is 0.0307. The molecule has 0 amide bonds. The van der Waals surface area contributed by atoms with E-state index in [4.69, 9.17) is 0 Å². The molecule has 2 atom stereocenters. The summed E-state index contributed by atoms with van der Waals surface area (Å²) < 4.78 is 38.7. The molecule has 0 aromatic heterocycles. The highest BCUT2D eigenvalue weighted by Gasteiger charge is 2.52. The van der Waals surface area contributed by atoms with Gasteiger partial charge >= 0.3 is 6.18 Å². The topological polar surface area (TPSA) is 53.8 Å². The molecule has 1 aromatic rings. The van der Waals surface area contributed by atoms with Crippen LogP contribution in [0.3, 0.4) is 0 Å². The van der Waals surface area contributed by atoms with Crippen LogP contribution in [0.4, 0.5) is 13.2 Å². The van der Waals surface area contributed by atoms with Gasteiger partial charge < -0.3 is 5.32 Å². The lowest BCUT2D eigenvalue weighted by molar-refractivity contribution is -0.134. The number of allylic oxidation sites excluding steroid dienone is 3. The molecule has 0 spiro atoms. The van der Waals surface area contributed by atoms with Crippen LogP contribution in [0.1, 0.15) is 52.0 Å². The smallest absolute Gasteiger partial charge is 0.362 e. The van der Waals surface area contributed by atoms with E-state index in [1.54, 1.807) is 0 Å². The third-order valence-electron chi connectivity index (χ3n) is 6.10. The van der Waals surface area contributed by atoms with Crippen molar-refractivity contribution in [1.29, 1.82) is 0 Å². The number of hydrogen-bond acceptors (Lipinski definition) is 4. The quantitative estimate of drug-likeness (QED) is 0.716. The van der Waals surface area contributed by atoms with Crippen LogP contribution >= 0.6 is 0 Å². The molecule has 1 unspecified atom stereocenters. The number of rotatable bonds is 3. The Bertz CT molecular complexity index is 944. The van der Waals surface area contributed by atoms with Gasteiger partial charge in [0.1, 0.15) is 0 Å². The van der Waals surface area contributed by atoms with Crippen LogP contribution in [-0.4, -0.2) is 18.1 Å². The van der Waals surface area contributed by atoms with Crippen molar-refractivity contribution in [2.24, 2.45) is 15.6 Å². The molecule has 0 saturated heterocycles. The van der Waals surface area contributed by atoms with E-state index in [-0.39, 0.29) is 17.6 Å². The van der Waals surface area contributed by atoms with Crippen molar-refractivity contribution in [1.82, 2.24) is 5.32 Å². The van der Waals surface area contributed by atoms with Gasteiger partial charge in [0.15, 0.2) is 11.9 Å². The summed E-state index contributed by atoms with van der Waals surface area (Å²) in [6.07, 6.45) is -4.93. The third kappa shape index (κ3) is 3.40. The van der Waals surface area contributed by atoms with Crippen molar-refractivity contribution < 1.29 is 18.0 Å². The lowest BCUT2D eigenvalue weighted by Gasteiger charge is -2.46. The van der Waals surface area contributed by atoms with Gasteiger partial charge in [0, 0.05) is 41.5 Å². The second-order valence-electron chi connectivity index (χ2n) is 9.02. The standard InChI is InChI=1S/C22H24F3N3O/c1-20(2)11-15-17(16(29)12-20)21(3,13-7-5-4-6-8-13)18-14(9-10-22(23,24)25)27-28-19(18)26-15/h4-8,19,26H,9-12H2,1-3H3/t19?,21-/m1/s1. The molecule has 2 heterocycles. The van der Waals surface area contributed by atoms with E-state index in [1.807, 2.05) is 51.1 Å². The molecule has 3 aliphatic rings. The van der Waals surface area contributed by atoms with E-state index >= 15 is 0 Å². The van der Waals surface area contributed by atoms with E-state index in [1.165, 1.54) is 0 Å². The number of azo groups is 1. The molecule has 0 saturated carbocycles. The molecule has 1 aliphatic carbocycles. The van der Waals surface area contributed by atoms with Crippen LogP contribution in [-0.2, 0) is 10.2 Å². The van der Waals surface area contributed by atoms with Crippen LogP contribution in [0.15, 0.2) is 63.1 Å². The van der Waals surface area contributed by atoms with Crippen molar-refractivity contribution in [3.63, 3.8) is 0 Å². The Hall–Kier alpha value is -2.44. The van der Waals surface area contributed by atoms with E-state index < -0.39 is 24.2 Å². The zero-order valence-corrected chi connectivity index (χ0v) is 16.7. The zero-order chi connectivity index (χ0) is 21.0. The molecule has 0 bridgehead atoms. The Morgan fingerprint density at radius 1 is 1.14 bits per heavy atom. The number of Topliss-reactive ketones (excluding diaryl/α,β-unsaturated/α-hetero) is 1. The monoisotopic (exact) mass is 403 g/mol. The van der Waals surface area contributed by atoms with E-state index in [2.05, 4.69) is 15.5 Å². The molecule has 1 aromatic carbocycles. The van der Waals surface area contributed by atoms with Gasteiger partial charge in [0.2, 0.25) is 0 Å². The van der Waals surface area contributed by atoms with Gasteiger partial charge in [-0.2, -0.15) is 23.4 Å². The number of hydrogen-bond donors (Lipinski definition) is 1. The predicted octanol–water partition coefficient (Wildman–Crippen LogP) is 5.58. The fourth-order valence-corrected chi connectivity index (χ4v) is 4.90. The summed E-state index contributed by atoms with van der Waals surface area (Å²) in [5.41, 5.74) is 2.31. The molecule has 29 heavy (non-hydrogen) atoms. The van der Waals surface area contributed by atoms with Gasteiger partial charge in [-0.1, -0.05) is 44.2 Å². The first-order valence-corrected chi connectivity index (χ1v) is 9.81. The minimum absolute atomic E-state index is 0.0307. The Morgan fingerprint density at radius 2 is 1.83 bits per heavy atom. The Morgan fingerprint density at radius 3 is 2.48 bits per heavy atom. The maximum absolute atomic E-state index is 13.3. The fraction of sp³-hybridized carbons (Fsp3) is 0.500. The van der Waals surface area contributed by atoms with Crippen molar-refractivity contribution >= 4 is 5.78 Å². The van der Waals surface area contributed by atoms with E-state index in [9.17, 15) is 18.0 Å². The number of carbonyl (C=O) groups is 1. The largest absolute Gasteiger partial charge is 0.389 e. The number of ketones is 1. The first kappa shape index (κ1) is 19.9. The number of nitrogens with zero attached hydrogens (tertiary/aromatic N) is 2. The van der Waals surface area contributed by atoms with Gasteiger partial charge in [-0.3, -0.25) is 4.79 Å². The molecule has 1 N–H and O–H groups in total. The number of alkyl halides is 3. The molecule has 4 rings (SSSR count). The van der Waals surface area contributed by atoms with Crippen molar-refractivity contribution in [3.05, 3.63) is 58.4 Å². The third-order valence-corrected chi connectivity index (χ3v) is 6.10. The molecular weight excluding hydrogens is 379 g/mol. The number of fused-ring (bicyclic) bond motifs is 1. The minimum atomic E-state index is -4.28. The summed E-state index contributed by atoms with van der Waals surface area (Å²) in [6.45, 7) is 6.03. The van der Waals surface area contributed by atoms with Crippen molar-refractivity contribution in [2.45, 2.75) is 64.2 Å². The van der Waals surface area contributed by atoms with Gasteiger partial charge in [0.25, 0.3) is 0 Å². The van der Waals surface area contributed by atoms with E-state index in [0.717, 1.165) is 11.3 Å². The van der Waals surface area contributed by atoms with Crippen LogP contribution in [0.5, 0.6) is 0 Å². The van der Waals surface area contributed by atoms with Crippen LogP contribution < -0.4 is 5.32 Å².